The number of carbonyl (C=O) groups excluding carboxylic acids is 1. The Labute approximate surface area is 148 Å². The molecule has 1 aromatic rings. The first-order valence-electron chi connectivity index (χ1n) is 8.94. The number of aryl methyl sites for hydroxylation is 1. The second-order valence-corrected chi connectivity index (χ2v) is 7.72. The van der Waals surface area contributed by atoms with Gasteiger partial charge in [-0.15, -0.1) is 0 Å². The molecule has 0 radical (unpaired) electrons. The van der Waals surface area contributed by atoms with Crippen LogP contribution in [0.25, 0.3) is 0 Å². The Hall–Kier alpha value is -1.80. The molecule has 1 heterocycles. The number of hydrogen-bond acceptors (Lipinski definition) is 3. The summed E-state index contributed by atoms with van der Waals surface area (Å²) in [6.07, 6.45) is -1.85. The van der Waals surface area contributed by atoms with Crippen molar-refractivity contribution in [3.8, 4) is 0 Å². The van der Waals surface area contributed by atoms with Crippen LogP contribution in [0.1, 0.15) is 61.6 Å². The molecule has 1 N–H and O–H groups in total. The summed E-state index contributed by atoms with van der Waals surface area (Å²) in [5, 5.41) is 7.03. The summed E-state index contributed by atoms with van der Waals surface area (Å²) >= 11 is 0. The lowest BCUT2D eigenvalue weighted by Crippen LogP contribution is -2.38. The van der Waals surface area contributed by atoms with Crippen molar-refractivity contribution in [1.29, 1.82) is 0 Å². The van der Waals surface area contributed by atoms with Crippen LogP contribution in [0.5, 0.6) is 0 Å². The van der Waals surface area contributed by atoms with Crippen LogP contribution in [0.2, 0.25) is 0 Å². The summed E-state index contributed by atoms with van der Waals surface area (Å²) in [6, 6.07) is 0. The highest BCUT2D eigenvalue weighted by atomic mass is 19.3. The molecular weight excluding hydrogens is 354 g/mol. The van der Waals surface area contributed by atoms with E-state index in [-0.39, 0.29) is 37.5 Å². The van der Waals surface area contributed by atoms with Gasteiger partial charge in [0.1, 0.15) is 11.9 Å². The molecule has 3 fully saturated rings. The maximum Gasteiger partial charge on any atom is 0.413 e. The highest BCUT2D eigenvalue weighted by Crippen LogP contribution is 2.53. The Bertz CT molecular complexity index is 703. The summed E-state index contributed by atoms with van der Waals surface area (Å²) in [5.41, 5.74) is 1.46. The van der Waals surface area contributed by atoms with Crippen LogP contribution in [0.4, 0.5) is 28.2 Å². The summed E-state index contributed by atoms with van der Waals surface area (Å²) in [4.78, 5) is 12.1. The average Bonchev–Trinajstić information content (AvgIpc) is 3.25. The number of ether oxygens (including phenoxy) is 1. The number of nitrogens with zero attached hydrogens (tertiary/aromatic N) is 2. The summed E-state index contributed by atoms with van der Waals surface area (Å²) < 4.78 is 58.1. The van der Waals surface area contributed by atoms with Crippen LogP contribution >= 0.6 is 0 Å². The summed E-state index contributed by atoms with van der Waals surface area (Å²) in [7, 11) is 1.65. The minimum Gasteiger partial charge on any atom is -0.446 e. The molecule has 0 aliphatic heterocycles. The van der Waals surface area contributed by atoms with Crippen LogP contribution < -0.4 is 5.32 Å². The Balaban J connectivity index is 1.43. The van der Waals surface area contributed by atoms with Gasteiger partial charge in [0, 0.05) is 37.3 Å². The molecule has 0 unspecified atom stereocenters. The van der Waals surface area contributed by atoms with E-state index in [1.165, 1.54) is 4.68 Å². The zero-order chi connectivity index (χ0) is 18.6. The molecular formula is C17H21F4N3O2. The molecule has 0 atom stereocenters. The van der Waals surface area contributed by atoms with Gasteiger partial charge in [-0.1, -0.05) is 0 Å². The normalized spacial score (nSPS) is 27.8. The third-order valence-corrected chi connectivity index (χ3v) is 5.56. The molecule has 4 rings (SSSR count). The fourth-order valence-electron chi connectivity index (χ4n) is 3.83. The number of halogens is 4. The lowest BCUT2D eigenvalue weighted by Gasteiger charge is -2.34. The van der Waals surface area contributed by atoms with Crippen LogP contribution in [-0.2, 0) is 11.8 Å². The molecule has 0 bridgehead atoms. The largest absolute Gasteiger partial charge is 0.446 e. The minimum absolute atomic E-state index is 0.161. The Morgan fingerprint density at radius 2 is 1.92 bits per heavy atom. The van der Waals surface area contributed by atoms with Crippen LogP contribution in [0.15, 0.2) is 0 Å². The third-order valence-electron chi connectivity index (χ3n) is 5.56. The first-order valence-corrected chi connectivity index (χ1v) is 8.94. The molecule has 0 saturated heterocycles. The third kappa shape index (κ3) is 3.27. The molecule has 1 aromatic heterocycles. The van der Waals surface area contributed by atoms with Gasteiger partial charge in [-0.25, -0.2) is 22.4 Å². The molecule has 0 aromatic carbocycles. The summed E-state index contributed by atoms with van der Waals surface area (Å²) in [6.45, 7) is 0. The number of carbonyl (C=O) groups is 1. The number of aromatic nitrogens is 2. The SMILES string of the molecule is Cn1nc(C2CC(F)(F)C2)c(C2CC2)c1NC(=O)OC1CC(C(F)F)C1. The molecule has 3 aliphatic rings. The van der Waals surface area contributed by atoms with Crippen molar-refractivity contribution in [3.05, 3.63) is 11.3 Å². The maximum absolute atomic E-state index is 13.2. The molecule has 0 spiro atoms. The van der Waals surface area contributed by atoms with Gasteiger partial charge in [-0.2, -0.15) is 5.10 Å². The number of hydrogen-bond donors (Lipinski definition) is 1. The highest BCUT2D eigenvalue weighted by Gasteiger charge is 2.49. The standard InChI is InChI=1S/C17H21F4N3O2/c1-24-15(22-16(25)26-11-4-9(5-11)14(18)19)12(8-2-3-8)13(23-24)10-6-17(20,21)7-10/h8-11,14H,2-7H2,1H3,(H,22,25). The van der Waals surface area contributed by atoms with Crippen molar-refractivity contribution in [1.82, 2.24) is 9.78 Å². The van der Waals surface area contributed by atoms with Gasteiger partial charge in [0.05, 0.1) is 5.69 Å². The van der Waals surface area contributed by atoms with Gasteiger partial charge in [-0.05, 0) is 31.6 Å². The zero-order valence-electron chi connectivity index (χ0n) is 14.4. The zero-order valence-corrected chi connectivity index (χ0v) is 14.4. The van der Waals surface area contributed by atoms with E-state index < -0.39 is 30.5 Å². The smallest absolute Gasteiger partial charge is 0.413 e. The Kier molecular flexibility index (Phi) is 4.15. The Morgan fingerprint density at radius 3 is 2.46 bits per heavy atom. The van der Waals surface area contributed by atoms with E-state index in [2.05, 4.69) is 10.4 Å². The lowest BCUT2D eigenvalue weighted by atomic mass is 9.77. The average molecular weight is 375 g/mol. The van der Waals surface area contributed by atoms with Gasteiger partial charge < -0.3 is 4.74 Å². The predicted molar refractivity (Wildman–Crippen MR) is 84.7 cm³/mol. The van der Waals surface area contributed by atoms with E-state index >= 15 is 0 Å². The number of nitrogens with one attached hydrogen (secondary N) is 1. The van der Waals surface area contributed by atoms with Crippen molar-refractivity contribution in [2.24, 2.45) is 13.0 Å². The molecule has 3 aliphatic carbocycles. The monoisotopic (exact) mass is 375 g/mol. The number of rotatable bonds is 5. The van der Waals surface area contributed by atoms with Crippen molar-refractivity contribution in [3.63, 3.8) is 0 Å². The molecule has 9 heteroatoms. The van der Waals surface area contributed by atoms with E-state index in [9.17, 15) is 22.4 Å². The first kappa shape index (κ1) is 17.6. The van der Waals surface area contributed by atoms with Crippen LogP contribution in [-0.4, -0.2) is 34.3 Å². The van der Waals surface area contributed by atoms with Crippen molar-refractivity contribution < 1.29 is 27.1 Å². The topological polar surface area (TPSA) is 56.2 Å². The fraction of sp³-hybridized carbons (Fsp3) is 0.765. The van der Waals surface area contributed by atoms with Crippen molar-refractivity contribution >= 4 is 11.9 Å². The van der Waals surface area contributed by atoms with E-state index in [4.69, 9.17) is 4.74 Å². The number of anilines is 1. The molecule has 144 valence electrons. The van der Waals surface area contributed by atoms with Gasteiger partial charge in [0.25, 0.3) is 0 Å². The maximum atomic E-state index is 13.2. The predicted octanol–water partition coefficient (Wildman–Crippen LogP) is 4.40. The van der Waals surface area contributed by atoms with E-state index in [1.807, 2.05) is 0 Å². The molecule has 5 nitrogen and oxygen atoms in total. The van der Waals surface area contributed by atoms with E-state index in [1.54, 1.807) is 7.05 Å². The number of amides is 1. The van der Waals surface area contributed by atoms with Gasteiger partial charge >= 0.3 is 6.09 Å². The van der Waals surface area contributed by atoms with Crippen molar-refractivity contribution in [2.75, 3.05) is 5.32 Å². The molecule has 26 heavy (non-hydrogen) atoms. The quantitative estimate of drug-likeness (QED) is 0.776. The first-order chi connectivity index (χ1) is 12.2. The fourth-order valence-corrected chi connectivity index (χ4v) is 3.83. The van der Waals surface area contributed by atoms with Crippen molar-refractivity contribution in [2.45, 2.75) is 68.8 Å². The number of alkyl halides is 4. The summed E-state index contributed by atoms with van der Waals surface area (Å²) in [5.74, 6) is -2.96. The molecule has 3 saturated carbocycles. The van der Waals surface area contributed by atoms with E-state index in [0.717, 1.165) is 18.4 Å². The highest BCUT2D eigenvalue weighted by molar-refractivity contribution is 5.85. The van der Waals surface area contributed by atoms with Crippen LogP contribution in [0, 0.1) is 5.92 Å². The molecule has 1 amide bonds. The lowest BCUT2D eigenvalue weighted by molar-refractivity contribution is -0.0878. The second kappa shape index (κ2) is 6.13. The van der Waals surface area contributed by atoms with Gasteiger partial charge in [-0.3, -0.25) is 10.00 Å². The Morgan fingerprint density at radius 1 is 1.27 bits per heavy atom. The minimum atomic E-state index is -2.64. The second-order valence-electron chi connectivity index (χ2n) is 7.72. The van der Waals surface area contributed by atoms with E-state index in [0.29, 0.717) is 11.5 Å². The van der Waals surface area contributed by atoms with Gasteiger partial charge in [0.15, 0.2) is 0 Å². The van der Waals surface area contributed by atoms with Crippen LogP contribution in [0.3, 0.4) is 0 Å². The van der Waals surface area contributed by atoms with Gasteiger partial charge in [0.2, 0.25) is 12.3 Å².